The molecule has 1 heterocycles. The number of hydrogen-bond donors (Lipinski definition) is 1. The third-order valence-electron chi connectivity index (χ3n) is 5.89. The Morgan fingerprint density at radius 1 is 0.938 bits per heavy atom. The van der Waals surface area contributed by atoms with Crippen LogP contribution in [-0.4, -0.2) is 28.7 Å². The van der Waals surface area contributed by atoms with Crippen LogP contribution in [0.4, 0.5) is 0 Å². The summed E-state index contributed by atoms with van der Waals surface area (Å²) in [7, 11) is 1.35. The van der Waals surface area contributed by atoms with Crippen molar-refractivity contribution in [3.05, 3.63) is 125 Å². The lowest BCUT2D eigenvalue weighted by Crippen LogP contribution is -2.39. The molecular weight excluding hydrogens is 398 g/mol. The zero-order chi connectivity index (χ0) is 22.6. The van der Waals surface area contributed by atoms with Crippen molar-refractivity contribution >= 4 is 5.97 Å². The molecular formula is C27H27N3O2. The maximum Gasteiger partial charge on any atom is 0.324 e. The molecule has 0 bridgehead atoms. The minimum Gasteiger partial charge on any atom is -0.468 e. The minimum absolute atomic E-state index is 0.259. The van der Waals surface area contributed by atoms with Gasteiger partial charge in [-0.15, -0.1) is 0 Å². The molecule has 32 heavy (non-hydrogen) atoms. The van der Waals surface area contributed by atoms with E-state index in [1.165, 1.54) is 12.7 Å². The Balaban J connectivity index is 2.02. The highest BCUT2D eigenvalue weighted by Crippen LogP contribution is 2.45. The SMILES string of the molecule is COC(=O)C(N)Cn1cncc1C(c1ccccc1)(c1ccccc1)c1ccc(C)cc1. The number of carbonyl (C=O) groups excluding carboxylic acids is 1. The molecule has 3 aromatic carbocycles. The molecule has 1 aromatic heterocycles. The highest BCUT2D eigenvalue weighted by molar-refractivity contribution is 5.75. The summed E-state index contributed by atoms with van der Waals surface area (Å²) in [6, 6.07) is 28.5. The zero-order valence-electron chi connectivity index (χ0n) is 18.3. The van der Waals surface area contributed by atoms with Crippen LogP contribution in [0.25, 0.3) is 0 Å². The van der Waals surface area contributed by atoms with Crippen LogP contribution in [0.2, 0.25) is 0 Å². The summed E-state index contributed by atoms with van der Waals surface area (Å²) < 4.78 is 6.82. The van der Waals surface area contributed by atoms with Crippen molar-refractivity contribution in [3.63, 3.8) is 0 Å². The van der Waals surface area contributed by atoms with Gasteiger partial charge >= 0.3 is 5.97 Å². The lowest BCUT2D eigenvalue weighted by Gasteiger charge is -2.37. The maximum absolute atomic E-state index is 12.1. The number of esters is 1. The molecule has 0 radical (unpaired) electrons. The highest BCUT2D eigenvalue weighted by Gasteiger charge is 2.41. The van der Waals surface area contributed by atoms with Gasteiger partial charge in [0.05, 0.1) is 24.5 Å². The Hall–Kier alpha value is -3.70. The van der Waals surface area contributed by atoms with Gasteiger partial charge in [0.25, 0.3) is 0 Å². The normalized spacial score (nSPS) is 12.3. The second kappa shape index (κ2) is 9.20. The van der Waals surface area contributed by atoms with Crippen molar-refractivity contribution in [3.8, 4) is 0 Å². The Morgan fingerprint density at radius 3 is 2.00 bits per heavy atom. The number of methoxy groups -OCH3 is 1. The number of nitrogens with two attached hydrogens (primary N) is 1. The lowest BCUT2D eigenvalue weighted by atomic mass is 9.67. The second-order valence-corrected chi connectivity index (χ2v) is 7.91. The van der Waals surface area contributed by atoms with Crippen molar-refractivity contribution in [2.24, 2.45) is 5.73 Å². The third-order valence-corrected chi connectivity index (χ3v) is 5.89. The molecule has 5 nitrogen and oxygen atoms in total. The van der Waals surface area contributed by atoms with Gasteiger partial charge < -0.3 is 15.0 Å². The fourth-order valence-corrected chi connectivity index (χ4v) is 4.34. The van der Waals surface area contributed by atoms with Crippen molar-refractivity contribution in [2.45, 2.75) is 24.9 Å². The fraction of sp³-hybridized carbons (Fsp3) is 0.185. The molecule has 0 aliphatic heterocycles. The topological polar surface area (TPSA) is 70.1 Å². The van der Waals surface area contributed by atoms with Gasteiger partial charge in [-0.3, -0.25) is 4.79 Å². The van der Waals surface area contributed by atoms with Crippen LogP contribution in [-0.2, 0) is 21.5 Å². The summed E-state index contributed by atoms with van der Waals surface area (Å²) in [4.78, 5) is 16.5. The van der Waals surface area contributed by atoms with Gasteiger partial charge in [0, 0.05) is 12.7 Å². The van der Waals surface area contributed by atoms with Crippen molar-refractivity contribution in [1.29, 1.82) is 0 Å². The van der Waals surface area contributed by atoms with E-state index >= 15 is 0 Å². The Bertz CT molecular complexity index is 1130. The molecule has 5 heteroatoms. The van der Waals surface area contributed by atoms with E-state index in [1.807, 2.05) is 47.2 Å². The number of carbonyl (C=O) groups is 1. The van der Waals surface area contributed by atoms with Crippen LogP contribution >= 0.6 is 0 Å². The van der Waals surface area contributed by atoms with Gasteiger partial charge in [0.15, 0.2) is 0 Å². The van der Waals surface area contributed by atoms with E-state index < -0.39 is 17.4 Å². The highest BCUT2D eigenvalue weighted by atomic mass is 16.5. The van der Waals surface area contributed by atoms with Crippen LogP contribution < -0.4 is 5.73 Å². The van der Waals surface area contributed by atoms with E-state index in [1.54, 1.807) is 6.33 Å². The van der Waals surface area contributed by atoms with E-state index in [9.17, 15) is 4.79 Å². The molecule has 0 fully saturated rings. The zero-order valence-corrected chi connectivity index (χ0v) is 18.3. The summed E-state index contributed by atoms with van der Waals surface area (Å²) in [5, 5.41) is 0. The molecule has 0 saturated heterocycles. The molecule has 0 saturated carbocycles. The van der Waals surface area contributed by atoms with Gasteiger partial charge in [-0.05, 0) is 23.6 Å². The molecule has 0 aliphatic carbocycles. The molecule has 0 aliphatic rings. The van der Waals surface area contributed by atoms with Crippen molar-refractivity contribution < 1.29 is 9.53 Å². The molecule has 4 rings (SSSR count). The first kappa shape index (κ1) is 21.5. The van der Waals surface area contributed by atoms with Crippen molar-refractivity contribution in [2.75, 3.05) is 7.11 Å². The van der Waals surface area contributed by atoms with Gasteiger partial charge in [0.2, 0.25) is 0 Å². The van der Waals surface area contributed by atoms with Gasteiger partial charge in [-0.1, -0.05) is 90.5 Å². The maximum atomic E-state index is 12.1. The average molecular weight is 426 g/mol. The molecule has 162 valence electrons. The summed E-state index contributed by atoms with van der Waals surface area (Å²) in [5.41, 5.74) is 10.9. The standard InChI is InChI=1S/C27H27N3O2/c1-20-13-15-23(16-14-20)27(21-9-5-3-6-10-21,22-11-7-4-8-12-22)25-17-29-19-30(25)18-24(28)26(31)32-2/h3-17,19,24H,18,28H2,1-2H3. The summed E-state index contributed by atoms with van der Waals surface area (Å²) >= 11 is 0. The predicted molar refractivity (Wildman–Crippen MR) is 125 cm³/mol. The molecule has 4 aromatic rings. The molecule has 1 unspecified atom stereocenters. The summed E-state index contributed by atoms with van der Waals surface area (Å²) in [5.74, 6) is -0.454. The summed E-state index contributed by atoms with van der Waals surface area (Å²) in [6.07, 6.45) is 3.59. The monoisotopic (exact) mass is 425 g/mol. The van der Waals surface area contributed by atoms with Crippen LogP contribution in [0.3, 0.4) is 0 Å². The van der Waals surface area contributed by atoms with Crippen LogP contribution in [0, 0.1) is 6.92 Å². The Kier molecular flexibility index (Phi) is 6.19. The number of rotatable bonds is 7. The van der Waals surface area contributed by atoms with Gasteiger partial charge in [0.1, 0.15) is 6.04 Å². The molecule has 0 amide bonds. The minimum atomic E-state index is -0.796. The van der Waals surface area contributed by atoms with Crippen molar-refractivity contribution in [1.82, 2.24) is 9.55 Å². The quantitative estimate of drug-likeness (QED) is 0.358. The number of ether oxygens (including phenoxy) is 1. The first-order chi connectivity index (χ1) is 15.6. The van der Waals surface area contributed by atoms with E-state index in [-0.39, 0.29) is 6.54 Å². The van der Waals surface area contributed by atoms with Gasteiger partial charge in [-0.25, -0.2) is 4.98 Å². The smallest absolute Gasteiger partial charge is 0.324 e. The van der Waals surface area contributed by atoms with E-state index in [0.717, 1.165) is 22.4 Å². The third kappa shape index (κ3) is 3.83. The largest absolute Gasteiger partial charge is 0.468 e. The fourth-order valence-electron chi connectivity index (χ4n) is 4.34. The number of aromatic nitrogens is 2. The van der Waals surface area contributed by atoms with E-state index in [4.69, 9.17) is 10.5 Å². The van der Waals surface area contributed by atoms with Crippen LogP contribution in [0.1, 0.15) is 27.9 Å². The van der Waals surface area contributed by atoms with E-state index in [2.05, 4.69) is 60.4 Å². The first-order valence-electron chi connectivity index (χ1n) is 10.6. The number of aryl methyl sites for hydroxylation is 1. The van der Waals surface area contributed by atoms with E-state index in [0.29, 0.717) is 0 Å². The Morgan fingerprint density at radius 2 is 1.47 bits per heavy atom. The number of benzene rings is 3. The molecule has 1 atom stereocenters. The number of imidazole rings is 1. The number of nitrogens with zero attached hydrogens (tertiary/aromatic N) is 2. The Labute approximate surface area is 188 Å². The first-order valence-corrected chi connectivity index (χ1v) is 10.6. The van der Waals surface area contributed by atoms with Crippen LogP contribution in [0.5, 0.6) is 0 Å². The van der Waals surface area contributed by atoms with Gasteiger partial charge in [-0.2, -0.15) is 0 Å². The summed E-state index contributed by atoms with van der Waals surface area (Å²) in [6.45, 7) is 2.34. The lowest BCUT2D eigenvalue weighted by molar-refractivity contribution is -0.142. The molecule has 0 spiro atoms. The second-order valence-electron chi connectivity index (χ2n) is 7.91. The predicted octanol–water partition coefficient (Wildman–Crippen LogP) is 4.07. The molecule has 2 N–H and O–H groups in total. The number of hydrogen-bond acceptors (Lipinski definition) is 4. The van der Waals surface area contributed by atoms with Crippen LogP contribution in [0.15, 0.2) is 97.5 Å². The average Bonchev–Trinajstić information content (AvgIpc) is 3.30.